The first-order valence-electron chi connectivity index (χ1n) is 3.26. The zero-order chi connectivity index (χ0) is 8.43. The Balaban J connectivity index is 3.27. The molecule has 1 nitrogen and oxygen atoms in total. The van der Waals surface area contributed by atoms with E-state index >= 15 is 0 Å². The molecule has 0 radical (unpaired) electrons. The Bertz CT molecular complexity index is 292. The van der Waals surface area contributed by atoms with Crippen molar-refractivity contribution in [3.63, 3.8) is 0 Å². The van der Waals surface area contributed by atoms with E-state index in [2.05, 4.69) is 6.58 Å². The maximum absolute atomic E-state index is 13.0. The second-order valence-corrected chi connectivity index (χ2v) is 2.38. The van der Waals surface area contributed by atoms with Crippen LogP contribution in [0.4, 0.5) is 4.39 Å². The third-order valence-electron chi connectivity index (χ3n) is 1.50. The van der Waals surface area contributed by atoms with Crippen molar-refractivity contribution < 1.29 is 9.50 Å². The lowest BCUT2D eigenvalue weighted by molar-refractivity contribution is 0.503. The molecular formula is C9H9FO. The zero-order valence-electron chi connectivity index (χ0n) is 6.26. The highest BCUT2D eigenvalue weighted by Crippen LogP contribution is 2.16. The van der Waals surface area contributed by atoms with E-state index in [9.17, 15) is 4.39 Å². The number of benzene rings is 1. The lowest BCUT2D eigenvalue weighted by Gasteiger charge is -2.01. The van der Waals surface area contributed by atoms with E-state index < -0.39 is 5.82 Å². The van der Waals surface area contributed by atoms with Gasteiger partial charge in [0.15, 0.2) is 0 Å². The van der Waals surface area contributed by atoms with Crippen molar-refractivity contribution >= 4 is 5.76 Å². The predicted molar refractivity (Wildman–Crippen MR) is 42.8 cm³/mol. The van der Waals surface area contributed by atoms with Gasteiger partial charge in [-0.2, -0.15) is 0 Å². The monoisotopic (exact) mass is 152 g/mol. The zero-order valence-corrected chi connectivity index (χ0v) is 6.26. The van der Waals surface area contributed by atoms with Crippen LogP contribution in [0.1, 0.15) is 11.1 Å². The Hall–Kier alpha value is -1.31. The molecule has 0 saturated heterocycles. The maximum atomic E-state index is 13.0. The summed E-state index contributed by atoms with van der Waals surface area (Å²) in [6, 6.07) is 4.81. The quantitative estimate of drug-likeness (QED) is 0.613. The van der Waals surface area contributed by atoms with Gasteiger partial charge in [0, 0.05) is 0 Å². The summed E-state index contributed by atoms with van der Waals surface area (Å²) in [6.45, 7) is 4.88. The van der Waals surface area contributed by atoms with E-state index in [1.807, 2.05) is 0 Å². The lowest BCUT2D eigenvalue weighted by Crippen LogP contribution is -1.90. The summed E-state index contributed by atoms with van der Waals surface area (Å²) in [5.41, 5.74) is 0.683. The number of aliphatic hydroxyl groups excluding tert-OH is 1. The standard InChI is InChI=1S/C9H9FO/c1-6-4-3-5-8(7(2)11)9(6)10/h3-5,11H,2H2,1H3. The summed E-state index contributed by atoms with van der Waals surface area (Å²) in [5.74, 6) is -0.633. The number of rotatable bonds is 1. The van der Waals surface area contributed by atoms with Crippen molar-refractivity contribution in [3.8, 4) is 0 Å². The van der Waals surface area contributed by atoms with Crippen LogP contribution in [-0.2, 0) is 0 Å². The van der Waals surface area contributed by atoms with Crippen LogP contribution >= 0.6 is 0 Å². The molecule has 0 fully saturated rings. The fourth-order valence-corrected chi connectivity index (χ4v) is 0.870. The van der Waals surface area contributed by atoms with Gasteiger partial charge < -0.3 is 5.11 Å². The van der Waals surface area contributed by atoms with Gasteiger partial charge in [0.2, 0.25) is 0 Å². The van der Waals surface area contributed by atoms with Crippen LogP contribution in [0.2, 0.25) is 0 Å². The average Bonchev–Trinajstić information content (AvgIpc) is 1.94. The Morgan fingerprint density at radius 3 is 2.64 bits per heavy atom. The molecule has 1 aromatic carbocycles. The minimum absolute atomic E-state index is 0.171. The molecule has 2 heteroatoms. The second kappa shape index (κ2) is 2.74. The minimum Gasteiger partial charge on any atom is -0.508 e. The van der Waals surface area contributed by atoms with Gasteiger partial charge in [-0.25, -0.2) is 4.39 Å². The summed E-state index contributed by atoms with van der Waals surface area (Å²) in [7, 11) is 0. The Morgan fingerprint density at radius 2 is 2.18 bits per heavy atom. The van der Waals surface area contributed by atoms with E-state index in [0.717, 1.165) is 0 Å². The molecule has 0 spiro atoms. The highest BCUT2D eigenvalue weighted by Gasteiger charge is 2.05. The van der Waals surface area contributed by atoms with Crippen molar-refractivity contribution in [1.82, 2.24) is 0 Å². The molecule has 0 aliphatic carbocycles. The van der Waals surface area contributed by atoms with Crippen molar-refractivity contribution in [2.75, 3.05) is 0 Å². The number of hydrogen-bond acceptors (Lipinski definition) is 1. The van der Waals surface area contributed by atoms with Crippen LogP contribution in [0.5, 0.6) is 0 Å². The van der Waals surface area contributed by atoms with Gasteiger partial charge in [-0.3, -0.25) is 0 Å². The molecule has 0 aliphatic heterocycles. The predicted octanol–water partition coefficient (Wildman–Crippen LogP) is 2.66. The second-order valence-electron chi connectivity index (χ2n) is 2.38. The summed E-state index contributed by atoms with van der Waals surface area (Å²) in [4.78, 5) is 0. The third kappa shape index (κ3) is 1.40. The molecule has 0 heterocycles. The van der Waals surface area contributed by atoms with Gasteiger partial charge in [-0.15, -0.1) is 0 Å². The molecular weight excluding hydrogens is 143 g/mol. The summed E-state index contributed by atoms with van der Waals surface area (Å²) in [6.07, 6.45) is 0. The van der Waals surface area contributed by atoms with Crippen molar-refractivity contribution in [3.05, 3.63) is 41.7 Å². The Kier molecular flexibility index (Phi) is 1.94. The molecule has 1 rings (SSSR count). The maximum Gasteiger partial charge on any atom is 0.137 e. The van der Waals surface area contributed by atoms with Crippen molar-refractivity contribution in [1.29, 1.82) is 0 Å². The van der Waals surface area contributed by atoms with Crippen LogP contribution in [0, 0.1) is 12.7 Å². The highest BCUT2D eigenvalue weighted by atomic mass is 19.1. The van der Waals surface area contributed by atoms with Crippen molar-refractivity contribution in [2.45, 2.75) is 6.92 Å². The molecule has 1 aromatic rings. The SMILES string of the molecule is C=C(O)c1cccc(C)c1F. The largest absolute Gasteiger partial charge is 0.508 e. The van der Waals surface area contributed by atoms with Gasteiger partial charge in [-0.05, 0) is 18.6 Å². The van der Waals surface area contributed by atoms with Crippen LogP contribution in [-0.4, -0.2) is 5.11 Å². The van der Waals surface area contributed by atoms with Gasteiger partial charge in [-0.1, -0.05) is 18.7 Å². The molecule has 1 N–H and O–H groups in total. The molecule has 0 saturated carbocycles. The fraction of sp³-hybridized carbons (Fsp3) is 0.111. The summed E-state index contributed by atoms with van der Waals surface area (Å²) < 4.78 is 13.0. The van der Waals surface area contributed by atoms with Crippen LogP contribution in [0.15, 0.2) is 24.8 Å². The van der Waals surface area contributed by atoms with E-state index in [-0.39, 0.29) is 11.3 Å². The molecule has 0 atom stereocenters. The third-order valence-corrected chi connectivity index (χ3v) is 1.50. The molecule has 0 aromatic heterocycles. The van der Waals surface area contributed by atoms with Gasteiger partial charge in [0.05, 0.1) is 5.56 Å². The van der Waals surface area contributed by atoms with Gasteiger partial charge >= 0.3 is 0 Å². The van der Waals surface area contributed by atoms with Gasteiger partial charge in [0.1, 0.15) is 11.6 Å². The number of halogens is 1. The van der Waals surface area contributed by atoms with E-state index in [1.165, 1.54) is 6.07 Å². The van der Waals surface area contributed by atoms with Gasteiger partial charge in [0.25, 0.3) is 0 Å². The van der Waals surface area contributed by atoms with E-state index in [0.29, 0.717) is 5.56 Å². The highest BCUT2D eigenvalue weighted by molar-refractivity contribution is 5.57. The van der Waals surface area contributed by atoms with Crippen LogP contribution in [0.25, 0.3) is 5.76 Å². The molecule has 0 amide bonds. The molecule has 0 aliphatic rings. The number of aliphatic hydroxyl groups is 1. The Labute approximate surface area is 64.8 Å². The molecule has 0 unspecified atom stereocenters. The summed E-state index contributed by atoms with van der Waals surface area (Å²) in [5, 5.41) is 8.89. The summed E-state index contributed by atoms with van der Waals surface area (Å²) >= 11 is 0. The van der Waals surface area contributed by atoms with E-state index in [1.54, 1.807) is 19.1 Å². The first kappa shape index (κ1) is 7.79. The lowest BCUT2D eigenvalue weighted by atomic mass is 10.1. The number of aryl methyl sites for hydroxylation is 1. The number of hydrogen-bond donors (Lipinski definition) is 1. The topological polar surface area (TPSA) is 20.2 Å². The first-order valence-corrected chi connectivity index (χ1v) is 3.26. The fourth-order valence-electron chi connectivity index (χ4n) is 0.870. The Morgan fingerprint density at radius 1 is 1.55 bits per heavy atom. The minimum atomic E-state index is -0.403. The first-order chi connectivity index (χ1) is 5.13. The van der Waals surface area contributed by atoms with Crippen LogP contribution in [0.3, 0.4) is 0 Å². The van der Waals surface area contributed by atoms with Crippen LogP contribution < -0.4 is 0 Å². The molecule has 11 heavy (non-hydrogen) atoms. The molecule has 0 bridgehead atoms. The molecule has 58 valence electrons. The average molecular weight is 152 g/mol. The normalized spacial score (nSPS) is 9.64. The van der Waals surface area contributed by atoms with E-state index in [4.69, 9.17) is 5.11 Å². The smallest absolute Gasteiger partial charge is 0.137 e. The van der Waals surface area contributed by atoms with Crippen molar-refractivity contribution in [2.24, 2.45) is 0 Å².